The number of ether oxygens (including phenoxy) is 1. The van der Waals surface area contributed by atoms with Gasteiger partial charge < -0.3 is 10.1 Å². The van der Waals surface area contributed by atoms with E-state index in [1.165, 1.54) is 0 Å². The summed E-state index contributed by atoms with van der Waals surface area (Å²) < 4.78 is 5.38. The fourth-order valence-electron chi connectivity index (χ4n) is 5.40. The monoisotopic (exact) mass is 445 g/mol. The molecule has 1 saturated heterocycles. The minimum atomic E-state index is -0.943. The number of amides is 3. The normalized spacial score (nSPS) is 23.8. The van der Waals surface area contributed by atoms with E-state index >= 15 is 0 Å². The number of nitriles is 1. The molecule has 0 bridgehead atoms. The number of hydrogen-bond donors (Lipinski definition) is 1. The Kier molecular flexibility index (Phi) is 5.71. The van der Waals surface area contributed by atoms with Gasteiger partial charge in [0.2, 0.25) is 0 Å². The maximum atomic E-state index is 13.2. The van der Waals surface area contributed by atoms with E-state index in [9.17, 15) is 14.4 Å². The van der Waals surface area contributed by atoms with E-state index in [1.54, 1.807) is 36.4 Å². The maximum absolute atomic E-state index is 13.2. The molecule has 0 aromatic heterocycles. The third kappa shape index (κ3) is 4.61. The Morgan fingerprint density at radius 3 is 2.27 bits per heavy atom. The third-order valence-corrected chi connectivity index (χ3v) is 6.34. The highest BCUT2D eigenvalue weighted by Crippen LogP contribution is 2.46. The number of carbonyl (C=O) groups is 3. The first-order chi connectivity index (χ1) is 15.6. The van der Waals surface area contributed by atoms with Crippen LogP contribution in [0.15, 0.2) is 48.5 Å². The van der Waals surface area contributed by atoms with Crippen molar-refractivity contribution in [1.82, 2.24) is 10.2 Å². The molecule has 1 aliphatic carbocycles. The van der Waals surface area contributed by atoms with Gasteiger partial charge in [0.15, 0.2) is 0 Å². The highest BCUT2D eigenvalue weighted by Gasteiger charge is 2.56. The number of carbonyl (C=O) groups excluding carboxylic acids is 3. The van der Waals surface area contributed by atoms with E-state index in [1.807, 2.05) is 12.1 Å². The fraction of sp³-hybridized carbons (Fsp3) is 0.385. The molecule has 1 heterocycles. The van der Waals surface area contributed by atoms with Crippen molar-refractivity contribution in [2.45, 2.75) is 45.6 Å². The standard InChI is InChI=1S/C26H27N3O4/c1-17-12-25(2,3)16-26(13-17)23(31)29(24(32)28-26)15-22(30)33-21-10-8-20(9-11-21)19-6-4-18(14-27)5-7-19/h4-11,17H,12-13,15-16H2,1-3H3,(H,28,32)/t17-,26+/m1/s1. The summed E-state index contributed by atoms with van der Waals surface area (Å²) in [6, 6.07) is 15.6. The van der Waals surface area contributed by atoms with Gasteiger partial charge in [0.1, 0.15) is 17.8 Å². The second kappa shape index (κ2) is 8.36. The van der Waals surface area contributed by atoms with Crippen LogP contribution in [0.25, 0.3) is 11.1 Å². The fourth-order valence-corrected chi connectivity index (χ4v) is 5.40. The highest BCUT2D eigenvalue weighted by atomic mass is 16.5. The quantitative estimate of drug-likeness (QED) is 0.430. The van der Waals surface area contributed by atoms with Crippen molar-refractivity contribution >= 4 is 17.9 Å². The molecule has 1 spiro atoms. The number of imide groups is 1. The molecule has 2 aliphatic rings. The number of nitrogens with zero attached hydrogens (tertiary/aromatic N) is 2. The average molecular weight is 446 g/mol. The van der Waals surface area contributed by atoms with Crippen LogP contribution in [0.4, 0.5) is 4.79 Å². The summed E-state index contributed by atoms with van der Waals surface area (Å²) in [6.45, 7) is 5.85. The first-order valence-corrected chi connectivity index (χ1v) is 11.1. The maximum Gasteiger partial charge on any atom is 0.331 e. The lowest BCUT2D eigenvalue weighted by Crippen LogP contribution is -2.54. The second-order valence-electron chi connectivity index (χ2n) is 9.95. The number of urea groups is 1. The molecular formula is C26H27N3O4. The molecule has 2 aromatic rings. The summed E-state index contributed by atoms with van der Waals surface area (Å²) in [4.78, 5) is 39.2. The highest BCUT2D eigenvalue weighted by molar-refractivity contribution is 6.08. The molecule has 7 nitrogen and oxygen atoms in total. The molecular weight excluding hydrogens is 418 g/mol. The minimum Gasteiger partial charge on any atom is -0.425 e. The van der Waals surface area contributed by atoms with Gasteiger partial charge in [-0.15, -0.1) is 0 Å². The Hall–Kier alpha value is -3.66. The van der Waals surface area contributed by atoms with Crippen LogP contribution >= 0.6 is 0 Å². The summed E-state index contributed by atoms with van der Waals surface area (Å²) in [5.41, 5.74) is 1.40. The SMILES string of the molecule is C[C@@H]1CC(C)(C)C[C@]2(C1)NC(=O)N(CC(=O)Oc1ccc(-c3ccc(C#N)cc3)cc1)C2=O. The zero-order chi connectivity index (χ0) is 23.8. The van der Waals surface area contributed by atoms with E-state index in [0.29, 0.717) is 30.1 Å². The van der Waals surface area contributed by atoms with Crippen molar-refractivity contribution in [3.63, 3.8) is 0 Å². The van der Waals surface area contributed by atoms with E-state index in [4.69, 9.17) is 10.00 Å². The topological polar surface area (TPSA) is 99.5 Å². The average Bonchev–Trinajstić information content (AvgIpc) is 2.96. The predicted octanol–water partition coefficient (Wildman–Crippen LogP) is 4.27. The van der Waals surface area contributed by atoms with Crippen molar-refractivity contribution in [3.05, 3.63) is 54.1 Å². The zero-order valence-electron chi connectivity index (χ0n) is 19.1. The van der Waals surface area contributed by atoms with Crippen molar-refractivity contribution in [2.24, 2.45) is 11.3 Å². The Morgan fingerprint density at radius 2 is 1.70 bits per heavy atom. The number of esters is 1. The van der Waals surface area contributed by atoms with E-state index in [0.717, 1.165) is 22.4 Å². The molecule has 33 heavy (non-hydrogen) atoms. The van der Waals surface area contributed by atoms with Crippen molar-refractivity contribution in [1.29, 1.82) is 5.26 Å². The van der Waals surface area contributed by atoms with Gasteiger partial charge in [-0.1, -0.05) is 45.0 Å². The summed E-state index contributed by atoms with van der Waals surface area (Å²) in [6.07, 6.45) is 2.11. The van der Waals surface area contributed by atoms with Gasteiger partial charge >= 0.3 is 12.0 Å². The van der Waals surface area contributed by atoms with E-state index in [-0.39, 0.29) is 11.3 Å². The second-order valence-corrected chi connectivity index (χ2v) is 9.95. The smallest absolute Gasteiger partial charge is 0.331 e. The van der Waals surface area contributed by atoms with Crippen LogP contribution in [0.1, 0.15) is 45.6 Å². The molecule has 0 unspecified atom stereocenters. The van der Waals surface area contributed by atoms with Gasteiger partial charge in [0.25, 0.3) is 5.91 Å². The largest absolute Gasteiger partial charge is 0.425 e. The van der Waals surface area contributed by atoms with Crippen LogP contribution in [-0.4, -0.2) is 34.9 Å². The number of hydrogen-bond acceptors (Lipinski definition) is 5. The molecule has 7 heteroatoms. The Bertz CT molecular complexity index is 1130. The summed E-state index contributed by atoms with van der Waals surface area (Å²) in [5, 5.41) is 11.8. The van der Waals surface area contributed by atoms with Crippen LogP contribution in [0, 0.1) is 22.7 Å². The molecule has 4 rings (SSSR count). The number of rotatable bonds is 4. The predicted molar refractivity (Wildman–Crippen MR) is 122 cm³/mol. The van der Waals surface area contributed by atoms with Crippen molar-refractivity contribution in [2.75, 3.05) is 6.54 Å². The summed E-state index contributed by atoms with van der Waals surface area (Å²) in [5.74, 6) is -0.406. The first kappa shape index (κ1) is 22.5. The molecule has 1 N–H and O–H groups in total. The van der Waals surface area contributed by atoms with E-state index < -0.39 is 24.1 Å². The third-order valence-electron chi connectivity index (χ3n) is 6.34. The Morgan fingerprint density at radius 1 is 1.09 bits per heavy atom. The van der Waals surface area contributed by atoms with Crippen molar-refractivity contribution < 1.29 is 19.1 Å². The Balaban J connectivity index is 1.41. The Labute approximate surface area is 193 Å². The van der Waals surface area contributed by atoms with E-state index in [2.05, 4.69) is 32.2 Å². The zero-order valence-corrected chi connectivity index (χ0v) is 19.1. The van der Waals surface area contributed by atoms with Gasteiger partial charge in [0.05, 0.1) is 11.6 Å². The summed E-state index contributed by atoms with van der Waals surface area (Å²) in [7, 11) is 0. The number of benzene rings is 2. The first-order valence-electron chi connectivity index (χ1n) is 11.1. The van der Waals surface area contributed by atoms with Gasteiger partial charge in [-0.2, -0.15) is 5.26 Å². The lowest BCUT2D eigenvalue weighted by Gasteiger charge is -2.43. The molecule has 1 saturated carbocycles. The molecule has 0 radical (unpaired) electrons. The molecule has 3 amide bonds. The summed E-state index contributed by atoms with van der Waals surface area (Å²) >= 11 is 0. The van der Waals surface area contributed by atoms with Crippen molar-refractivity contribution in [3.8, 4) is 22.9 Å². The molecule has 2 atom stereocenters. The van der Waals surface area contributed by atoms with Gasteiger partial charge in [-0.3, -0.25) is 9.69 Å². The molecule has 2 aromatic carbocycles. The lowest BCUT2D eigenvalue weighted by molar-refractivity contribution is -0.142. The van der Waals surface area contributed by atoms with Gasteiger partial charge in [-0.25, -0.2) is 9.59 Å². The lowest BCUT2D eigenvalue weighted by atomic mass is 9.64. The molecule has 170 valence electrons. The van der Waals surface area contributed by atoms with Crippen LogP contribution in [0.2, 0.25) is 0 Å². The van der Waals surface area contributed by atoms with Crippen LogP contribution < -0.4 is 10.1 Å². The van der Waals surface area contributed by atoms with Gasteiger partial charge in [0, 0.05) is 0 Å². The van der Waals surface area contributed by atoms with Crippen LogP contribution in [0.5, 0.6) is 5.75 Å². The molecule has 2 fully saturated rings. The minimum absolute atomic E-state index is 0.0756. The molecule has 1 aliphatic heterocycles. The van der Waals surface area contributed by atoms with Crippen LogP contribution in [0.3, 0.4) is 0 Å². The van der Waals surface area contributed by atoms with Crippen LogP contribution in [-0.2, 0) is 9.59 Å². The van der Waals surface area contributed by atoms with Gasteiger partial charge in [-0.05, 0) is 66.0 Å². The number of nitrogens with one attached hydrogen (secondary N) is 1.